The van der Waals surface area contributed by atoms with Crippen molar-refractivity contribution in [3.05, 3.63) is 11.7 Å². The summed E-state index contributed by atoms with van der Waals surface area (Å²) < 4.78 is 5.22. The van der Waals surface area contributed by atoms with Gasteiger partial charge in [-0.05, 0) is 25.7 Å². The van der Waals surface area contributed by atoms with Gasteiger partial charge in [0.05, 0.1) is 5.38 Å². The minimum atomic E-state index is -0.161. The monoisotopic (exact) mass is 242 g/mol. The van der Waals surface area contributed by atoms with Gasteiger partial charge in [-0.3, -0.25) is 0 Å². The van der Waals surface area contributed by atoms with Gasteiger partial charge in [0.25, 0.3) is 0 Å². The lowest BCUT2D eigenvalue weighted by Crippen LogP contribution is -2.03. The van der Waals surface area contributed by atoms with Gasteiger partial charge in [-0.1, -0.05) is 30.8 Å². The van der Waals surface area contributed by atoms with Crippen LogP contribution in [0.25, 0.3) is 0 Å². The summed E-state index contributed by atoms with van der Waals surface area (Å²) in [6.07, 6.45) is 8.97. The zero-order valence-corrected chi connectivity index (χ0v) is 10.5. The van der Waals surface area contributed by atoms with Crippen molar-refractivity contribution in [2.45, 2.75) is 57.2 Å². The summed E-state index contributed by atoms with van der Waals surface area (Å²) in [4.78, 5) is 4.32. The van der Waals surface area contributed by atoms with Crippen molar-refractivity contribution in [2.75, 3.05) is 0 Å². The molecule has 0 saturated heterocycles. The van der Waals surface area contributed by atoms with Crippen LogP contribution in [0.1, 0.15) is 62.5 Å². The normalized spacial score (nSPS) is 20.6. The van der Waals surface area contributed by atoms with E-state index in [2.05, 4.69) is 10.1 Å². The van der Waals surface area contributed by atoms with E-state index in [0.29, 0.717) is 5.82 Å². The zero-order chi connectivity index (χ0) is 11.4. The van der Waals surface area contributed by atoms with Crippen LogP contribution in [-0.4, -0.2) is 10.1 Å². The molecule has 1 saturated carbocycles. The molecule has 16 heavy (non-hydrogen) atoms. The fraction of sp³-hybridized carbons (Fsp3) is 0.833. The highest BCUT2D eigenvalue weighted by Gasteiger charge is 2.17. The molecular formula is C12H19ClN2O. The maximum Gasteiger partial charge on any atom is 0.226 e. The molecule has 3 nitrogen and oxygen atoms in total. The van der Waals surface area contributed by atoms with Gasteiger partial charge >= 0.3 is 0 Å². The number of hydrogen-bond acceptors (Lipinski definition) is 3. The van der Waals surface area contributed by atoms with Crippen LogP contribution in [0.3, 0.4) is 0 Å². The quantitative estimate of drug-likeness (QED) is 0.596. The summed E-state index contributed by atoms with van der Waals surface area (Å²) in [5.41, 5.74) is 0. The number of aromatic nitrogens is 2. The first-order valence-corrected chi connectivity index (χ1v) is 6.66. The van der Waals surface area contributed by atoms with E-state index in [4.69, 9.17) is 16.1 Å². The lowest BCUT2D eigenvalue weighted by Gasteiger charge is -2.09. The molecule has 0 amide bonds. The third-order valence-electron chi connectivity index (χ3n) is 3.28. The summed E-state index contributed by atoms with van der Waals surface area (Å²) in [7, 11) is 0. The van der Waals surface area contributed by atoms with Gasteiger partial charge in [-0.2, -0.15) is 4.98 Å². The highest BCUT2D eigenvalue weighted by Crippen LogP contribution is 2.26. The van der Waals surface area contributed by atoms with Gasteiger partial charge in [0.15, 0.2) is 5.82 Å². The molecule has 2 rings (SSSR count). The first-order valence-electron chi connectivity index (χ1n) is 6.22. The van der Waals surface area contributed by atoms with E-state index in [1.54, 1.807) is 0 Å². The molecule has 0 N–H and O–H groups in total. The van der Waals surface area contributed by atoms with Gasteiger partial charge in [-0.15, -0.1) is 11.6 Å². The van der Waals surface area contributed by atoms with Crippen molar-refractivity contribution >= 4 is 11.6 Å². The first kappa shape index (κ1) is 11.9. The maximum absolute atomic E-state index is 5.90. The Labute approximate surface area is 102 Å². The number of alkyl halides is 1. The van der Waals surface area contributed by atoms with Crippen LogP contribution in [0.4, 0.5) is 0 Å². The lowest BCUT2D eigenvalue weighted by atomic mass is 9.97. The standard InChI is InChI=1S/C12H19ClN2O/c1-9(13)12-14-11(16-15-12)8-10-6-4-2-3-5-7-10/h9-10H,2-8H2,1H3. The van der Waals surface area contributed by atoms with Crippen molar-refractivity contribution in [3.63, 3.8) is 0 Å². The molecule has 4 heteroatoms. The van der Waals surface area contributed by atoms with Gasteiger partial charge in [-0.25, -0.2) is 0 Å². The SMILES string of the molecule is CC(Cl)c1noc(CC2CCCCCC2)n1. The van der Waals surface area contributed by atoms with Crippen molar-refractivity contribution in [2.24, 2.45) is 5.92 Å². The molecule has 90 valence electrons. The highest BCUT2D eigenvalue weighted by atomic mass is 35.5. The molecule has 0 radical (unpaired) electrons. The summed E-state index contributed by atoms with van der Waals surface area (Å²) >= 11 is 5.90. The summed E-state index contributed by atoms with van der Waals surface area (Å²) in [5, 5.41) is 3.73. The fourth-order valence-electron chi connectivity index (χ4n) is 2.33. The number of nitrogens with zero attached hydrogens (tertiary/aromatic N) is 2. The van der Waals surface area contributed by atoms with Crippen LogP contribution in [-0.2, 0) is 6.42 Å². The summed E-state index contributed by atoms with van der Waals surface area (Å²) in [5.74, 6) is 2.10. The molecule has 0 bridgehead atoms. The van der Waals surface area contributed by atoms with Gasteiger partial charge in [0, 0.05) is 6.42 Å². The van der Waals surface area contributed by atoms with Gasteiger partial charge in [0.1, 0.15) is 0 Å². The van der Waals surface area contributed by atoms with Crippen molar-refractivity contribution in [3.8, 4) is 0 Å². The summed E-state index contributed by atoms with van der Waals surface area (Å²) in [6.45, 7) is 1.86. The van der Waals surface area contributed by atoms with E-state index >= 15 is 0 Å². The van der Waals surface area contributed by atoms with Crippen molar-refractivity contribution < 1.29 is 4.52 Å². The second kappa shape index (κ2) is 5.67. The third-order valence-corrected chi connectivity index (χ3v) is 3.47. The predicted octanol–water partition coefficient (Wildman–Crippen LogP) is 3.88. The van der Waals surface area contributed by atoms with Crippen LogP contribution in [0.15, 0.2) is 4.52 Å². The Morgan fingerprint density at radius 1 is 1.31 bits per heavy atom. The van der Waals surface area contributed by atoms with E-state index in [-0.39, 0.29) is 5.38 Å². The fourth-order valence-corrected chi connectivity index (χ4v) is 2.42. The van der Waals surface area contributed by atoms with Crippen LogP contribution < -0.4 is 0 Å². The minimum Gasteiger partial charge on any atom is -0.339 e. The Morgan fingerprint density at radius 3 is 2.56 bits per heavy atom. The second-order valence-electron chi connectivity index (χ2n) is 4.72. The molecule has 0 spiro atoms. The van der Waals surface area contributed by atoms with Crippen LogP contribution in [0.2, 0.25) is 0 Å². The number of hydrogen-bond donors (Lipinski definition) is 0. The zero-order valence-electron chi connectivity index (χ0n) is 9.79. The smallest absolute Gasteiger partial charge is 0.226 e. The lowest BCUT2D eigenvalue weighted by molar-refractivity contribution is 0.336. The molecule has 1 heterocycles. The Balaban J connectivity index is 1.91. The second-order valence-corrected chi connectivity index (χ2v) is 5.38. The minimum absolute atomic E-state index is 0.161. The topological polar surface area (TPSA) is 38.9 Å². The molecule has 1 fully saturated rings. The molecule has 1 atom stereocenters. The van der Waals surface area contributed by atoms with Crippen molar-refractivity contribution in [1.29, 1.82) is 0 Å². The summed E-state index contributed by atoms with van der Waals surface area (Å²) in [6, 6.07) is 0. The molecule has 1 unspecified atom stereocenters. The van der Waals surface area contributed by atoms with E-state index < -0.39 is 0 Å². The van der Waals surface area contributed by atoms with E-state index in [1.165, 1.54) is 38.5 Å². The van der Waals surface area contributed by atoms with Gasteiger partial charge in [0.2, 0.25) is 5.89 Å². The Morgan fingerprint density at radius 2 is 2.00 bits per heavy atom. The maximum atomic E-state index is 5.90. The highest BCUT2D eigenvalue weighted by molar-refractivity contribution is 6.20. The molecule has 1 aromatic rings. The Hall–Kier alpha value is -0.570. The van der Waals surface area contributed by atoms with E-state index in [1.807, 2.05) is 6.92 Å². The first-order chi connectivity index (χ1) is 7.75. The third kappa shape index (κ3) is 3.21. The number of rotatable bonds is 3. The Kier molecular flexibility index (Phi) is 4.22. The molecule has 0 aliphatic heterocycles. The van der Waals surface area contributed by atoms with Crippen LogP contribution in [0.5, 0.6) is 0 Å². The molecule has 1 aromatic heterocycles. The van der Waals surface area contributed by atoms with Crippen molar-refractivity contribution in [1.82, 2.24) is 10.1 Å². The molecule has 1 aliphatic carbocycles. The average molecular weight is 243 g/mol. The predicted molar refractivity (Wildman–Crippen MR) is 63.5 cm³/mol. The molecular weight excluding hydrogens is 224 g/mol. The van der Waals surface area contributed by atoms with Gasteiger partial charge < -0.3 is 4.52 Å². The Bertz CT molecular complexity index is 317. The largest absolute Gasteiger partial charge is 0.339 e. The van der Waals surface area contributed by atoms with Crippen LogP contribution >= 0.6 is 11.6 Å². The molecule has 1 aliphatic rings. The van der Waals surface area contributed by atoms with Crippen LogP contribution in [0, 0.1) is 5.92 Å². The number of halogens is 1. The van der Waals surface area contributed by atoms with E-state index in [9.17, 15) is 0 Å². The molecule has 0 aromatic carbocycles. The van der Waals surface area contributed by atoms with E-state index in [0.717, 1.165) is 18.2 Å². The average Bonchev–Trinajstić information content (AvgIpc) is 2.56.